The number of hydrogen-bond acceptors (Lipinski definition) is 1. The van der Waals surface area contributed by atoms with Crippen LogP contribution >= 0.6 is 0 Å². The molecule has 0 radical (unpaired) electrons. The van der Waals surface area contributed by atoms with Gasteiger partial charge in [0.25, 0.3) is 0 Å². The largest absolute Gasteiger partial charge is 0.392 e. The molecule has 1 aliphatic rings. The number of benzene rings is 1. The smallest absolute Gasteiger partial charge is 0.0608 e. The molecular weight excluding hydrogens is 220 g/mol. The summed E-state index contributed by atoms with van der Waals surface area (Å²) in [6, 6.07) is 8.74. The Hall–Kier alpha value is -0.820. The van der Waals surface area contributed by atoms with Crippen molar-refractivity contribution in [3.05, 3.63) is 35.4 Å². The van der Waals surface area contributed by atoms with Gasteiger partial charge in [0.2, 0.25) is 0 Å². The van der Waals surface area contributed by atoms with Gasteiger partial charge in [0, 0.05) is 0 Å². The molecule has 1 fully saturated rings. The van der Waals surface area contributed by atoms with Gasteiger partial charge in [0.1, 0.15) is 0 Å². The summed E-state index contributed by atoms with van der Waals surface area (Å²) in [6.45, 7) is 2.18. The molecule has 1 aromatic carbocycles. The van der Waals surface area contributed by atoms with E-state index in [1.54, 1.807) is 0 Å². The van der Waals surface area contributed by atoms with Gasteiger partial charge in [-0.1, -0.05) is 56.9 Å². The third kappa shape index (κ3) is 3.84. The summed E-state index contributed by atoms with van der Waals surface area (Å²) in [7, 11) is 0. The van der Waals surface area contributed by atoms with Crippen LogP contribution in [0.5, 0.6) is 0 Å². The number of aryl methyl sites for hydroxylation is 1. The normalized spacial score (nSPS) is 19.4. The van der Waals surface area contributed by atoms with E-state index < -0.39 is 0 Å². The van der Waals surface area contributed by atoms with Crippen molar-refractivity contribution >= 4 is 0 Å². The quantitative estimate of drug-likeness (QED) is 0.792. The molecule has 0 bridgehead atoms. The van der Waals surface area contributed by atoms with Crippen LogP contribution in [-0.2, 0) is 12.8 Å². The van der Waals surface area contributed by atoms with E-state index in [1.807, 2.05) is 0 Å². The Labute approximate surface area is 111 Å². The third-order valence-corrected chi connectivity index (χ3v) is 4.32. The minimum absolute atomic E-state index is 0.143. The van der Waals surface area contributed by atoms with Crippen LogP contribution in [-0.4, -0.2) is 11.2 Å². The second kappa shape index (κ2) is 6.94. The number of aliphatic hydroxyl groups is 1. The van der Waals surface area contributed by atoms with Crippen LogP contribution in [0.3, 0.4) is 0 Å². The Bertz CT molecular complexity index is 333. The van der Waals surface area contributed by atoms with Gasteiger partial charge in [-0.15, -0.1) is 0 Å². The molecule has 1 aromatic rings. The van der Waals surface area contributed by atoms with Gasteiger partial charge in [-0.05, 0) is 42.7 Å². The molecule has 0 spiro atoms. The maximum absolute atomic E-state index is 10.4. The molecule has 2 rings (SSSR count). The molecule has 0 aromatic heterocycles. The molecule has 1 nitrogen and oxygen atoms in total. The lowest BCUT2D eigenvalue weighted by Crippen LogP contribution is -2.22. The summed E-state index contributed by atoms with van der Waals surface area (Å²) in [6.07, 6.45) is 9.52. The zero-order chi connectivity index (χ0) is 12.8. The highest BCUT2D eigenvalue weighted by molar-refractivity contribution is 5.23. The first-order valence-electron chi connectivity index (χ1n) is 7.55. The number of rotatable bonds is 4. The van der Waals surface area contributed by atoms with Crippen molar-refractivity contribution in [1.29, 1.82) is 0 Å². The summed E-state index contributed by atoms with van der Waals surface area (Å²) >= 11 is 0. The van der Waals surface area contributed by atoms with E-state index in [1.165, 1.54) is 49.7 Å². The summed E-state index contributed by atoms with van der Waals surface area (Å²) in [5.74, 6) is 0.526. The van der Waals surface area contributed by atoms with Crippen LogP contribution in [0.4, 0.5) is 0 Å². The minimum atomic E-state index is -0.143. The van der Waals surface area contributed by atoms with Gasteiger partial charge in [-0.3, -0.25) is 0 Å². The van der Waals surface area contributed by atoms with Crippen LogP contribution < -0.4 is 0 Å². The molecule has 1 atom stereocenters. The van der Waals surface area contributed by atoms with Crippen LogP contribution in [0.2, 0.25) is 0 Å². The molecule has 1 aliphatic carbocycles. The Balaban J connectivity index is 1.90. The first-order chi connectivity index (χ1) is 8.79. The highest BCUT2D eigenvalue weighted by atomic mass is 16.3. The van der Waals surface area contributed by atoms with Gasteiger partial charge in [0.15, 0.2) is 0 Å². The molecule has 1 unspecified atom stereocenters. The second-order valence-electron chi connectivity index (χ2n) is 5.69. The van der Waals surface area contributed by atoms with Crippen LogP contribution in [0.15, 0.2) is 24.3 Å². The fourth-order valence-electron chi connectivity index (χ4n) is 3.01. The predicted octanol–water partition coefficient (Wildman–Crippen LogP) is 4.12. The fourth-order valence-corrected chi connectivity index (χ4v) is 3.01. The molecule has 0 amide bonds. The van der Waals surface area contributed by atoms with Crippen molar-refractivity contribution in [3.8, 4) is 0 Å². The zero-order valence-electron chi connectivity index (χ0n) is 11.6. The SMILES string of the molecule is CCc1ccc(CC(O)C2CCCCCC2)cc1. The third-order valence-electron chi connectivity index (χ3n) is 4.32. The van der Waals surface area contributed by atoms with Crippen molar-refractivity contribution in [2.45, 2.75) is 64.4 Å². The van der Waals surface area contributed by atoms with E-state index in [9.17, 15) is 5.11 Å². The lowest BCUT2D eigenvalue weighted by molar-refractivity contribution is 0.0986. The number of hydrogen-bond donors (Lipinski definition) is 1. The predicted molar refractivity (Wildman–Crippen MR) is 76.7 cm³/mol. The molecule has 0 aliphatic heterocycles. The van der Waals surface area contributed by atoms with Crippen molar-refractivity contribution in [3.63, 3.8) is 0 Å². The lowest BCUT2D eigenvalue weighted by atomic mass is 9.90. The minimum Gasteiger partial charge on any atom is -0.392 e. The standard InChI is InChI=1S/C17H26O/c1-2-14-9-11-15(12-10-14)13-17(18)16-7-5-3-4-6-8-16/h9-12,16-18H,2-8,13H2,1H3. The summed E-state index contributed by atoms with van der Waals surface area (Å²) in [5, 5.41) is 10.4. The average molecular weight is 246 g/mol. The van der Waals surface area contributed by atoms with Gasteiger partial charge < -0.3 is 5.11 Å². The summed E-state index contributed by atoms with van der Waals surface area (Å²) in [5.41, 5.74) is 2.66. The Kier molecular flexibility index (Phi) is 5.25. The van der Waals surface area contributed by atoms with Gasteiger partial charge in [-0.25, -0.2) is 0 Å². The van der Waals surface area contributed by atoms with E-state index in [2.05, 4.69) is 31.2 Å². The van der Waals surface area contributed by atoms with Crippen molar-refractivity contribution in [1.82, 2.24) is 0 Å². The average Bonchev–Trinajstić information content (AvgIpc) is 2.68. The molecule has 0 heterocycles. The highest BCUT2D eigenvalue weighted by Gasteiger charge is 2.20. The molecule has 100 valence electrons. The van der Waals surface area contributed by atoms with E-state index in [0.717, 1.165) is 12.8 Å². The first kappa shape index (κ1) is 13.6. The highest BCUT2D eigenvalue weighted by Crippen LogP contribution is 2.27. The molecule has 1 N–H and O–H groups in total. The first-order valence-corrected chi connectivity index (χ1v) is 7.55. The summed E-state index contributed by atoms with van der Waals surface area (Å²) in [4.78, 5) is 0. The number of aliphatic hydroxyl groups excluding tert-OH is 1. The van der Waals surface area contributed by atoms with Gasteiger partial charge in [-0.2, -0.15) is 0 Å². The van der Waals surface area contributed by atoms with E-state index in [0.29, 0.717) is 5.92 Å². The molecule has 1 heteroatoms. The topological polar surface area (TPSA) is 20.2 Å². The molecule has 1 saturated carbocycles. The monoisotopic (exact) mass is 246 g/mol. The maximum Gasteiger partial charge on any atom is 0.0608 e. The Morgan fingerprint density at radius 1 is 1.00 bits per heavy atom. The van der Waals surface area contributed by atoms with Crippen molar-refractivity contribution in [2.75, 3.05) is 0 Å². The molecular formula is C17H26O. The van der Waals surface area contributed by atoms with Gasteiger partial charge in [0.05, 0.1) is 6.10 Å². The lowest BCUT2D eigenvalue weighted by Gasteiger charge is -2.21. The van der Waals surface area contributed by atoms with Crippen molar-refractivity contribution < 1.29 is 5.11 Å². The second-order valence-corrected chi connectivity index (χ2v) is 5.69. The molecule has 18 heavy (non-hydrogen) atoms. The van der Waals surface area contributed by atoms with Crippen LogP contribution in [0, 0.1) is 5.92 Å². The Morgan fingerprint density at radius 3 is 2.11 bits per heavy atom. The van der Waals surface area contributed by atoms with E-state index in [-0.39, 0.29) is 6.10 Å². The van der Waals surface area contributed by atoms with E-state index >= 15 is 0 Å². The van der Waals surface area contributed by atoms with Crippen LogP contribution in [0.1, 0.15) is 56.6 Å². The van der Waals surface area contributed by atoms with Gasteiger partial charge >= 0.3 is 0 Å². The zero-order valence-corrected chi connectivity index (χ0v) is 11.6. The molecule has 0 saturated heterocycles. The summed E-state index contributed by atoms with van der Waals surface area (Å²) < 4.78 is 0. The van der Waals surface area contributed by atoms with Crippen molar-refractivity contribution in [2.24, 2.45) is 5.92 Å². The fraction of sp³-hybridized carbons (Fsp3) is 0.647. The maximum atomic E-state index is 10.4. The van der Waals surface area contributed by atoms with Crippen LogP contribution in [0.25, 0.3) is 0 Å². The Morgan fingerprint density at radius 2 is 1.56 bits per heavy atom. The van der Waals surface area contributed by atoms with E-state index in [4.69, 9.17) is 0 Å².